The van der Waals surface area contributed by atoms with Crippen LogP contribution >= 0.6 is 0 Å². The molecule has 7 nitrogen and oxygen atoms in total. The maximum atomic E-state index is 14.5. The van der Waals surface area contributed by atoms with Crippen molar-refractivity contribution in [1.82, 2.24) is 14.8 Å². The normalized spacial score (nSPS) is 11.0. The Labute approximate surface area is 175 Å². The van der Waals surface area contributed by atoms with Gasteiger partial charge in [0.2, 0.25) is 0 Å². The van der Waals surface area contributed by atoms with Crippen LogP contribution in [0.3, 0.4) is 0 Å². The molecule has 9 heteroatoms. The number of rotatable bonds is 6. The van der Waals surface area contributed by atoms with Crippen LogP contribution in [-0.2, 0) is 0 Å². The van der Waals surface area contributed by atoms with Gasteiger partial charge in [-0.1, -0.05) is 18.2 Å². The van der Waals surface area contributed by atoms with Crippen molar-refractivity contribution in [2.75, 3.05) is 18.5 Å². The van der Waals surface area contributed by atoms with Crippen molar-refractivity contribution in [2.45, 2.75) is 6.92 Å². The number of halogens is 2. The Kier molecular flexibility index (Phi) is 5.59. The molecule has 0 bridgehead atoms. The van der Waals surface area contributed by atoms with Gasteiger partial charge in [0.05, 0.1) is 12.3 Å². The van der Waals surface area contributed by atoms with Crippen LogP contribution in [0.2, 0.25) is 0 Å². The molecule has 0 spiro atoms. The lowest BCUT2D eigenvalue weighted by atomic mass is 10.1. The van der Waals surface area contributed by atoms with E-state index in [1.807, 2.05) is 19.1 Å². The molecule has 2 heterocycles. The van der Waals surface area contributed by atoms with Gasteiger partial charge in [0.25, 0.3) is 11.6 Å². The number of aliphatic hydroxyl groups is 1. The van der Waals surface area contributed by atoms with E-state index >= 15 is 0 Å². The summed E-state index contributed by atoms with van der Waals surface area (Å²) >= 11 is 0. The van der Waals surface area contributed by atoms with Crippen LogP contribution in [0.5, 0.6) is 0 Å². The molecule has 0 saturated carbocycles. The quantitative estimate of drug-likeness (QED) is 0.492. The molecule has 2 aromatic heterocycles. The molecule has 4 rings (SSSR count). The zero-order chi connectivity index (χ0) is 22.0. The highest BCUT2D eigenvalue weighted by molar-refractivity contribution is 5.76. The molecule has 0 fully saturated rings. The first-order valence-corrected chi connectivity index (χ1v) is 9.45. The predicted molar refractivity (Wildman–Crippen MR) is 111 cm³/mol. The lowest BCUT2D eigenvalue weighted by Gasteiger charge is -2.09. The van der Waals surface area contributed by atoms with Crippen LogP contribution < -0.4 is 10.9 Å². The number of hydrogen-bond acceptors (Lipinski definition) is 6. The highest BCUT2D eigenvalue weighted by Crippen LogP contribution is 2.34. The minimum atomic E-state index is -0.824. The molecule has 0 atom stereocenters. The minimum Gasteiger partial charge on any atom is -0.421 e. The Bertz CT molecular complexity index is 1300. The molecule has 4 aromatic rings. The molecule has 2 aromatic carbocycles. The van der Waals surface area contributed by atoms with Gasteiger partial charge in [-0.3, -0.25) is 4.79 Å². The second kappa shape index (κ2) is 8.49. The van der Waals surface area contributed by atoms with E-state index < -0.39 is 11.6 Å². The first kappa shape index (κ1) is 20.4. The van der Waals surface area contributed by atoms with Gasteiger partial charge in [0.1, 0.15) is 23.0 Å². The van der Waals surface area contributed by atoms with Crippen LogP contribution in [0, 0.1) is 18.6 Å². The zero-order valence-corrected chi connectivity index (χ0v) is 16.5. The Morgan fingerprint density at radius 3 is 2.68 bits per heavy atom. The van der Waals surface area contributed by atoms with Crippen molar-refractivity contribution in [2.24, 2.45) is 0 Å². The predicted octanol–water partition coefficient (Wildman–Crippen LogP) is 3.55. The SMILES string of the molecule is Cc1ccccc1-n1nc(-c2oc(NCCO)nc2-c2ccc(F)cc2F)ccc1=O. The maximum Gasteiger partial charge on any atom is 0.295 e. The van der Waals surface area contributed by atoms with Gasteiger partial charge in [-0.2, -0.15) is 14.8 Å². The first-order chi connectivity index (χ1) is 15.0. The fourth-order valence-corrected chi connectivity index (χ4v) is 3.10. The number of aryl methyl sites for hydroxylation is 1. The lowest BCUT2D eigenvalue weighted by Crippen LogP contribution is -2.21. The van der Waals surface area contributed by atoms with E-state index in [2.05, 4.69) is 15.4 Å². The number of aliphatic hydroxyl groups excluding tert-OH is 1. The highest BCUT2D eigenvalue weighted by atomic mass is 19.1. The van der Waals surface area contributed by atoms with Gasteiger partial charge >= 0.3 is 0 Å². The van der Waals surface area contributed by atoms with Crippen molar-refractivity contribution in [3.63, 3.8) is 0 Å². The average Bonchev–Trinajstić information content (AvgIpc) is 3.17. The Morgan fingerprint density at radius 2 is 1.94 bits per heavy atom. The second-order valence-corrected chi connectivity index (χ2v) is 6.73. The number of anilines is 1. The number of oxazole rings is 1. The summed E-state index contributed by atoms with van der Waals surface area (Å²) < 4.78 is 34.9. The first-order valence-electron chi connectivity index (χ1n) is 9.45. The number of aromatic nitrogens is 3. The number of benzene rings is 2. The molecule has 0 aliphatic rings. The van der Waals surface area contributed by atoms with Crippen molar-refractivity contribution < 1.29 is 18.3 Å². The van der Waals surface area contributed by atoms with Gasteiger partial charge in [0.15, 0.2) is 5.76 Å². The fourth-order valence-electron chi connectivity index (χ4n) is 3.10. The molecule has 0 unspecified atom stereocenters. The maximum absolute atomic E-state index is 14.5. The van der Waals surface area contributed by atoms with E-state index in [9.17, 15) is 13.6 Å². The highest BCUT2D eigenvalue weighted by Gasteiger charge is 2.22. The fraction of sp³-hybridized carbons (Fsp3) is 0.136. The zero-order valence-electron chi connectivity index (χ0n) is 16.5. The number of nitrogens with one attached hydrogen (secondary N) is 1. The van der Waals surface area contributed by atoms with Gasteiger partial charge in [-0.25, -0.2) is 8.78 Å². The molecule has 0 aliphatic heterocycles. The summed E-state index contributed by atoms with van der Waals surface area (Å²) in [6, 6.07) is 13.1. The number of nitrogens with zero attached hydrogens (tertiary/aromatic N) is 3. The number of para-hydroxylation sites is 1. The summed E-state index contributed by atoms with van der Waals surface area (Å²) in [4.78, 5) is 16.7. The summed E-state index contributed by atoms with van der Waals surface area (Å²) in [5, 5.41) is 16.2. The van der Waals surface area contributed by atoms with Crippen molar-refractivity contribution in [1.29, 1.82) is 0 Å². The van der Waals surface area contributed by atoms with Crippen molar-refractivity contribution in [3.8, 4) is 28.4 Å². The standard InChI is InChI=1S/C22H18F2N4O3/c1-13-4-2-3-5-18(13)28-19(30)9-8-17(27-28)21-20(26-22(31-21)25-10-11-29)15-7-6-14(23)12-16(15)24/h2-9,12,29H,10-11H2,1H3,(H,25,26). The van der Waals surface area contributed by atoms with E-state index in [-0.39, 0.29) is 47.4 Å². The molecular formula is C22H18F2N4O3. The van der Waals surface area contributed by atoms with E-state index in [0.29, 0.717) is 5.69 Å². The molecule has 158 valence electrons. The van der Waals surface area contributed by atoms with Crippen LogP contribution in [0.4, 0.5) is 14.8 Å². The van der Waals surface area contributed by atoms with Crippen molar-refractivity contribution in [3.05, 3.63) is 82.1 Å². The van der Waals surface area contributed by atoms with E-state index in [0.717, 1.165) is 17.7 Å². The summed E-state index contributed by atoms with van der Waals surface area (Å²) in [6.07, 6.45) is 0. The van der Waals surface area contributed by atoms with E-state index in [1.54, 1.807) is 12.1 Å². The third kappa shape index (κ3) is 4.08. The Balaban J connectivity index is 1.89. The van der Waals surface area contributed by atoms with Gasteiger partial charge in [0, 0.05) is 24.2 Å². The number of hydrogen-bond donors (Lipinski definition) is 2. The molecule has 0 radical (unpaired) electrons. The molecule has 0 amide bonds. The molecule has 2 N–H and O–H groups in total. The van der Waals surface area contributed by atoms with Crippen LogP contribution in [0.1, 0.15) is 5.56 Å². The average molecular weight is 424 g/mol. The summed E-state index contributed by atoms with van der Waals surface area (Å²) in [5.41, 5.74) is 1.38. The second-order valence-electron chi connectivity index (χ2n) is 6.73. The van der Waals surface area contributed by atoms with E-state index in [4.69, 9.17) is 9.52 Å². The van der Waals surface area contributed by atoms with Gasteiger partial charge < -0.3 is 14.8 Å². The van der Waals surface area contributed by atoms with Gasteiger partial charge in [-0.05, 0) is 36.8 Å². The topological polar surface area (TPSA) is 93.2 Å². The summed E-state index contributed by atoms with van der Waals surface area (Å²) in [7, 11) is 0. The third-order valence-corrected chi connectivity index (χ3v) is 4.58. The largest absolute Gasteiger partial charge is 0.421 e. The minimum absolute atomic E-state index is 0.00707. The van der Waals surface area contributed by atoms with Crippen LogP contribution in [0.15, 0.2) is 63.8 Å². The Hall–Kier alpha value is -3.85. The van der Waals surface area contributed by atoms with Crippen molar-refractivity contribution >= 4 is 6.01 Å². The van der Waals surface area contributed by atoms with Crippen LogP contribution in [0.25, 0.3) is 28.4 Å². The molecule has 31 heavy (non-hydrogen) atoms. The Morgan fingerprint density at radius 1 is 1.13 bits per heavy atom. The van der Waals surface area contributed by atoms with E-state index in [1.165, 1.54) is 22.9 Å². The summed E-state index contributed by atoms with van der Waals surface area (Å²) in [5.74, 6) is -1.46. The molecular weight excluding hydrogens is 406 g/mol. The molecule has 0 aliphatic carbocycles. The molecule has 0 saturated heterocycles. The summed E-state index contributed by atoms with van der Waals surface area (Å²) in [6.45, 7) is 1.83. The monoisotopic (exact) mass is 424 g/mol. The van der Waals surface area contributed by atoms with Gasteiger partial charge in [-0.15, -0.1) is 0 Å². The lowest BCUT2D eigenvalue weighted by molar-refractivity contribution is 0.309. The smallest absolute Gasteiger partial charge is 0.295 e. The third-order valence-electron chi connectivity index (χ3n) is 4.58. The van der Waals surface area contributed by atoms with Crippen LogP contribution in [-0.4, -0.2) is 33.0 Å².